The van der Waals surface area contributed by atoms with Crippen LogP contribution in [0.3, 0.4) is 0 Å². The number of rotatable bonds is 5. The lowest BCUT2D eigenvalue weighted by Crippen LogP contribution is -2.30. The quantitative estimate of drug-likeness (QED) is 0.661. The van der Waals surface area contributed by atoms with Gasteiger partial charge in [0.1, 0.15) is 6.04 Å². The molecule has 1 rings (SSSR count). The molecule has 5 nitrogen and oxygen atoms in total. The van der Waals surface area contributed by atoms with Gasteiger partial charge < -0.3 is 4.74 Å². The predicted molar refractivity (Wildman–Crippen MR) is 64.3 cm³/mol. The summed E-state index contributed by atoms with van der Waals surface area (Å²) in [6.07, 6.45) is 0. The molecule has 0 aliphatic heterocycles. The Morgan fingerprint density at radius 2 is 2.00 bits per heavy atom. The van der Waals surface area contributed by atoms with Crippen LogP contribution in [0.4, 0.5) is 0 Å². The number of benzene rings is 1. The monoisotopic (exact) mass is 276 g/mol. The van der Waals surface area contributed by atoms with Gasteiger partial charge in [0.15, 0.2) is 5.75 Å². The highest BCUT2D eigenvalue weighted by Gasteiger charge is 2.27. The normalized spacial score (nSPS) is 12.8. The van der Waals surface area contributed by atoms with Crippen molar-refractivity contribution in [2.24, 2.45) is 0 Å². The molecule has 17 heavy (non-hydrogen) atoms. The molecule has 0 saturated carbocycles. The summed E-state index contributed by atoms with van der Waals surface area (Å²) in [6, 6.07) is 5.70. The van der Waals surface area contributed by atoms with Gasteiger partial charge in [0.05, 0.1) is 7.11 Å². The lowest BCUT2D eigenvalue weighted by molar-refractivity contribution is -0.142. The third-order valence-electron chi connectivity index (χ3n) is 1.86. The zero-order valence-electron chi connectivity index (χ0n) is 9.34. The fraction of sp³-hybridized carbons (Fsp3) is 0.300. The number of nitrogens with one attached hydrogen (secondary N) is 1. The Hall–Kier alpha value is -1.16. The molecule has 0 amide bonds. The number of esters is 1. The summed E-state index contributed by atoms with van der Waals surface area (Å²) in [5.41, 5.74) is 0. The molecule has 1 unspecified atom stereocenters. The number of halogens is 1. The van der Waals surface area contributed by atoms with Gasteiger partial charge in [-0.05, 0) is 31.2 Å². The standard InChI is InChI=1S/C10H12ClNO4P/c1-7(10(13)15-2)12-17(14)16-9-5-3-8(11)4-6-9/h3-7H,1-2H3,(H,12,14)/q+1/t7-/m0/s1. The maximum Gasteiger partial charge on any atom is 0.664 e. The van der Waals surface area contributed by atoms with Crippen LogP contribution in [0.15, 0.2) is 24.3 Å². The Balaban J connectivity index is 2.50. The minimum Gasteiger partial charge on any atom is -0.468 e. The van der Waals surface area contributed by atoms with Gasteiger partial charge in [-0.1, -0.05) is 16.7 Å². The number of methoxy groups -OCH3 is 1. The van der Waals surface area contributed by atoms with Crippen molar-refractivity contribution >= 4 is 25.7 Å². The van der Waals surface area contributed by atoms with E-state index in [2.05, 4.69) is 9.82 Å². The molecular weight excluding hydrogens is 265 g/mol. The van der Waals surface area contributed by atoms with Crippen LogP contribution in [0, 0.1) is 0 Å². The molecule has 0 aliphatic rings. The molecule has 0 spiro atoms. The van der Waals surface area contributed by atoms with Crippen LogP contribution in [0.25, 0.3) is 0 Å². The molecule has 1 N–H and O–H groups in total. The maximum atomic E-state index is 11.5. The Kier molecular flexibility index (Phi) is 5.35. The van der Waals surface area contributed by atoms with Crippen molar-refractivity contribution in [1.82, 2.24) is 5.09 Å². The first kappa shape index (κ1) is 13.9. The molecule has 1 aromatic rings. The maximum absolute atomic E-state index is 11.5. The van der Waals surface area contributed by atoms with Crippen molar-refractivity contribution in [3.05, 3.63) is 29.3 Å². The van der Waals surface area contributed by atoms with Gasteiger partial charge in [0.25, 0.3) is 0 Å². The SMILES string of the molecule is COC(=O)[C@H](C)N[P+](=O)Oc1ccc(Cl)cc1. The molecule has 0 radical (unpaired) electrons. The van der Waals surface area contributed by atoms with Crippen LogP contribution in [0.2, 0.25) is 5.02 Å². The number of carbonyl (C=O) groups excluding carboxylic acids is 1. The van der Waals surface area contributed by atoms with E-state index in [1.54, 1.807) is 24.3 Å². The summed E-state index contributed by atoms with van der Waals surface area (Å²) in [5.74, 6) is -0.104. The van der Waals surface area contributed by atoms with Crippen LogP contribution in [-0.2, 0) is 14.1 Å². The molecule has 0 aromatic heterocycles. The summed E-state index contributed by atoms with van der Waals surface area (Å²) in [7, 11) is -0.930. The zero-order chi connectivity index (χ0) is 12.8. The van der Waals surface area contributed by atoms with Gasteiger partial charge in [-0.3, -0.25) is 4.79 Å². The lowest BCUT2D eigenvalue weighted by Gasteiger charge is -2.02. The second kappa shape index (κ2) is 6.55. The van der Waals surface area contributed by atoms with E-state index in [0.717, 1.165) is 0 Å². The fourth-order valence-corrected chi connectivity index (χ4v) is 1.92. The van der Waals surface area contributed by atoms with Crippen molar-refractivity contribution in [2.75, 3.05) is 7.11 Å². The summed E-state index contributed by atoms with van der Waals surface area (Å²) in [6.45, 7) is 1.53. The first-order valence-electron chi connectivity index (χ1n) is 4.77. The van der Waals surface area contributed by atoms with E-state index in [1.165, 1.54) is 14.0 Å². The van der Waals surface area contributed by atoms with Crippen molar-refractivity contribution in [2.45, 2.75) is 13.0 Å². The van der Waals surface area contributed by atoms with Crippen molar-refractivity contribution in [1.29, 1.82) is 0 Å². The van der Waals surface area contributed by atoms with Crippen molar-refractivity contribution in [3.63, 3.8) is 0 Å². The second-order valence-electron chi connectivity index (χ2n) is 3.18. The summed E-state index contributed by atoms with van der Waals surface area (Å²) >= 11 is 5.69. The van der Waals surface area contributed by atoms with Crippen LogP contribution in [-0.4, -0.2) is 19.1 Å². The number of hydrogen-bond acceptors (Lipinski definition) is 4. The summed E-state index contributed by atoms with van der Waals surface area (Å²) in [4.78, 5) is 11.1. The molecule has 0 saturated heterocycles. The van der Waals surface area contributed by atoms with Crippen LogP contribution < -0.4 is 9.61 Å². The minimum atomic E-state index is -2.19. The first-order chi connectivity index (χ1) is 8.02. The first-order valence-corrected chi connectivity index (χ1v) is 6.33. The van der Waals surface area contributed by atoms with Gasteiger partial charge >= 0.3 is 14.1 Å². The minimum absolute atomic E-state index is 0.403. The van der Waals surface area contributed by atoms with Gasteiger partial charge in [0.2, 0.25) is 0 Å². The molecule has 2 atom stereocenters. The zero-order valence-corrected chi connectivity index (χ0v) is 11.0. The fourth-order valence-electron chi connectivity index (χ4n) is 1.01. The number of carbonyl (C=O) groups is 1. The van der Waals surface area contributed by atoms with E-state index < -0.39 is 20.2 Å². The van der Waals surface area contributed by atoms with E-state index in [-0.39, 0.29) is 0 Å². The molecule has 7 heteroatoms. The molecule has 92 valence electrons. The molecule has 0 aliphatic carbocycles. The predicted octanol–water partition coefficient (Wildman–Crippen LogP) is 2.53. The highest BCUT2D eigenvalue weighted by Crippen LogP contribution is 2.25. The van der Waals surface area contributed by atoms with Crippen molar-refractivity contribution in [3.8, 4) is 5.75 Å². The Labute approximate surface area is 105 Å². The van der Waals surface area contributed by atoms with Crippen LogP contribution >= 0.6 is 19.8 Å². The van der Waals surface area contributed by atoms with E-state index in [9.17, 15) is 9.36 Å². The molecule has 0 bridgehead atoms. The highest BCUT2D eigenvalue weighted by molar-refractivity contribution is 7.37. The topological polar surface area (TPSA) is 64.6 Å². The average molecular weight is 277 g/mol. The van der Waals surface area contributed by atoms with Crippen LogP contribution in [0.5, 0.6) is 5.75 Å². The number of ether oxygens (including phenoxy) is 1. The van der Waals surface area contributed by atoms with E-state index in [0.29, 0.717) is 10.8 Å². The van der Waals surface area contributed by atoms with Crippen LogP contribution in [0.1, 0.15) is 6.92 Å². The molecular formula is C10H12ClNO4P+. The van der Waals surface area contributed by atoms with Gasteiger partial charge in [-0.2, -0.15) is 0 Å². The number of hydrogen-bond donors (Lipinski definition) is 1. The highest BCUT2D eigenvalue weighted by atomic mass is 35.5. The van der Waals surface area contributed by atoms with Gasteiger partial charge in [-0.25, -0.2) is 4.52 Å². The summed E-state index contributed by atoms with van der Waals surface area (Å²) in [5, 5.41) is 3.03. The third-order valence-corrected chi connectivity index (χ3v) is 3.08. The Morgan fingerprint density at radius 1 is 1.41 bits per heavy atom. The Morgan fingerprint density at radius 3 is 2.53 bits per heavy atom. The van der Waals surface area contributed by atoms with Gasteiger partial charge in [-0.15, -0.1) is 0 Å². The smallest absolute Gasteiger partial charge is 0.468 e. The van der Waals surface area contributed by atoms with E-state index in [1.807, 2.05) is 0 Å². The average Bonchev–Trinajstić information content (AvgIpc) is 2.30. The molecule has 0 heterocycles. The summed E-state index contributed by atoms with van der Waals surface area (Å²) < 4.78 is 21.0. The Bertz CT molecular complexity index is 409. The largest absolute Gasteiger partial charge is 0.664 e. The van der Waals surface area contributed by atoms with Crippen molar-refractivity contribution < 1.29 is 18.6 Å². The van der Waals surface area contributed by atoms with Gasteiger partial charge in [0, 0.05) is 9.59 Å². The molecule has 1 aromatic carbocycles. The second-order valence-corrected chi connectivity index (χ2v) is 4.57. The molecule has 0 fully saturated rings. The lowest BCUT2D eigenvalue weighted by atomic mass is 10.3. The third kappa shape index (κ3) is 4.69. The van der Waals surface area contributed by atoms with E-state index >= 15 is 0 Å². The van der Waals surface area contributed by atoms with E-state index in [4.69, 9.17) is 16.1 Å².